The quantitative estimate of drug-likeness (QED) is 0.617. The highest BCUT2D eigenvalue weighted by atomic mass is 16.5. The van der Waals surface area contributed by atoms with Gasteiger partial charge in [0.25, 0.3) is 0 Å². The van der Waals surface area contributed by atoms with Crippen molar-refractivity contribution in [3.8, 4) is 0 Å². The summed E-state index contributed by atoms with van der Waals surface area (Å²) in [6.45, 7) is 7.59. The fourth-order valence-corrected chi connectivity index (χ4v) is 0.747. The zero-order valence-corrected chi connectivity index (χ0v) is 7.63. The van der Waals surface area contributed by atoms with E-state index in [4.69, 9.17) is 10.5 Å². The first-order valence-electron chi connectivity index (χ1n) is 3.75. The Morgan fingerprint density at radius 1 is 1.45 bits per heavy atom. The second-order valence-electron chi connectivity index (χ2n) is 3.65. The number of hydrogen-bond donors (Lipinski definition) is 1. The van der Waals surface area contributed by atoms with Crippen LogP contribution >= 0.6 is 0 Å². The van der Waals surface area contributed by atoms with Gasteiger partial charge < -0.3 is 15.3 Å². The fourth-order valence-electron chi connectivity index (χ4n) is 0.747. The molecule has 0 heterocycles. The summed E-state index contributed by atoms with van der Waals surface area (Å²) >= 11 is 0. The third-order valence-corrected chi connectivity index (χ3v) is 1.24. The van der Waals surface area contributed by atoms with E-state index in [-0.39, 0.29) is 11.7 Å². The van der Waals surface area contributed by atoms with Crippen molar-refractivity contribution in [2.24, 2.45) is 5.73 Å². The van der Waals surface area contributed by atoms with Crippen molar-refractivity contribution >= 4 is 6.29 Å². The van der Waals surface area contributed by atoms with E-state index in [2.05, 4.69) is 0 Å². The molecule has 3 heteroatoms. The maximum absolute atomic E-state index is 10.2. The van der Waals surface area contributed by atoms with Gasteiger partial charge in [0, 0.05) is 0 Å². The van der Waals surface area contributed by atoms with Crippen LogP contribution in [0.1, 0.15) is 27.7 Å². The second kappa shape index (κ2) is 3.83. The maximum atomic E-state index is 10.2. The Morgan fingerprint density at radius 3 is 2.18 bits per heavy atom. The average Bonchev–Trinajstić information content (AvgIpc) is 1.82. The number of carbonyl (C=O) groups excluding carboxylic acids is 1. The first kappa shape index (κ1) is 10.6. The molecule has 0 aromatic rings. The Morgan fingerprint density at radius 2 is 1.91 bits per heavy atom. The highest BCUT2D eigenvalue weighted by Gasteiger charge is 2.19. The third kappa shape index (κ3) is 4.93. The molecule has 0 radical (unpaired) electrons. The van der Waals surface area contributed by atoms with E-state index in [1.54, 1.807) is 6.92 Å². The van der Waals surface area contributed by atoms with Crippen LogP contribution in [0.3, 0.4) is 0 Å². The summed E-state index contributed by atoms with van der Waals surface area (Å²) in [7, 11) is 0. The molecule has 0 aromatic heterocycles. The minimum absolute atomic E-state index is 0.215. The van der Waals surface area contributed by atoms with Crippen LogP contribution in [0, 0.1) is 0 Å². The average molecular weight is 159 g/mol. The first-order chi connectivity index (χ1) is 4.87. The van der Waals surface area contributed by atoms with Crippen molar-refractivity contribution in [2.75, 3.05) is 0 Å². The monoisotopic (exact) mass is 159 g/mol. The third-order valence-electron chi connectivity index (χ3n) is 1.24. The van der Waals surface area contributed by atoms with Crippen molar-refractivity contribution < 1.29 is 9.53 Å². The van der Waals surface area contributed by atoms with E-state index in [0.717, 1.165) is 0 Å². The van der Waals surface area contributed by atoms with Crippen molar-refractivity contribution in [3.05, 3.63) is 0 Å². The van der Waals surface area contributed by atoms with Crippen molar-refractivity contribution in [1.82, 2.24) is 0 Å². The summed E-state index contributed by atoms with van der Waals surface area (Å²) in [6, 6.07) is -0.519. The number of rotatable bonds is 3. The second-order valence-corrected chi connectivity index (χ2v) is 3.65. The molecule has 2 atom stereocenters. The van der Waals surface area contributed by atoms with Crippen LogP contribution in [0.5, 0.6) is 0 Å². The molecule has 0 aliphatic heterocycles. The van der Waals surface area contributed by atoms with E-state index in [0.29, 0.717) is 6.29 Å². The van der Waals surface area contributed by atoms with Crippen molar-refractivity contribution in [1.29, 1.82) is 0 Å². The van der Waals surface area contributed by atoms with E-state index in [9.17, 15) is 4.79 Å². The van der Waals surface area contributed by atoms with Gasteiger partial charge in [0.15, 0.2) is 0 Å². The SMILES string of the molecule is CC(OC(C)(C)C)C(N)C=O. The molecule has 0 aliphatic rings. The summed E-state index contributed by atoms with van der Waals surface area (Å²) in [5, 5.41) is 0. The molecule has 0 saturated heterocycles. The Balaban J connectivity index is 3.86. The van der Waals surface area contributed by atoms with Crippen LogP contribution in [0.25, 0.3) is 0 Å². The van der Waals surface area contributed by atoms with Crippen LogP contribution in [0.15, 0.2) is 0 Å². The molecule has 0 saturated carbocycles. The lowest BCUT2D eigenvalue weighted by atomic mass is 10.1. The topological polar surface area (TPSA) is 52.3 Å². The molecule has 3 nitrogen and oxygen atoms in total. The van der Waals surface area contributed by atoms with Crippen molar-refractivity contribution in [2.45, 2.75) is 45.4 Å². The molecule has 0 aliphatic carbocycles. The molecule has 0 rings (SSSR count). The number of carbonyl (C=O) groups is 1. The Kier molecular flexibility index (Phi) is 3.69. The van der Waals surface area contributed by atoms with Gasteiger partial charge in [-0.2, -0.15) is 0 Å². The van der Waals surface area contributed by atoms with Gasteiger partial charge in [0.1, 0.15) is 6.29 Å². The lowest BCUT2D eigenvalue weighted by Gasteiger charge is -2.26. The molecule has 66 valence electrons. The zero-order valence-electron chi connectivity index (χ0n) is 7.63. The van der Waals surface area contributed by atoms with E-state index in [1.807, 2.05) is 20.8 Å². The van der Waals surface area contributed by atoms with Gasteiger partial charge in [-0.1, -0.05) is 0 Å². The summed E-state index contributed by atoms with van der Waals surface area (Å²) in [6.07, 6.45) is 0.489. The predicted octanol–water partition coefficient (Wildman–Crippen LogP) is 0.716. The summed E-state index contributed by atoms with van der Waals surface area (Å²) in [5.74, 6) is 0. The number of hydrogen-bond acceptors (Lipinski definition) is 3. The smallest absolute Gasteiger partial charge is 0.139 e. The van der Waals surface area contributed by atoms with Crippen LogP contribution in [0.2, 0.25) is 0 Å². The zero-order chi connectivity index (χ0) is 9.07. The summed E-state index contributed by atoms with van der Waals surface area (Å²) in [5.41, 5.74) is 5.19. The highest BCUT2D eigenvalue weighted by Crippen LogP contribution is 2.11. The molecule has 2 N–H and O–H groups in total. The molecule has 0 spiro atoms. The van der Waals surface area contributed by atoms with Gasteiger partial charge in [0.2, 0.25) is 0 Å². The van der Waals surface area contributed by atoms with Crippen molar-refractivity contribution in [3.63, 3.8) is 0 Å². The number of nitrogens with two attached hydrogens (primary N) is 1. The molecular weight excluding hydrogens is 142 g/mol. The van der Waals surface area contributed by atoms with Gasteiger partial charge in [-0.3, -0.25) is 0 Å². The lowest BCUT2D eigenvalue weighted by molar-refractivity contribution is -0.115. The molecule has 0 bridgehead atoms. The summed E-state index contributed by atoms with van der Waals surface area (Å²) < 4.78 is 5.43. The first-order valence-corrected chi connectivity index (χ1v) is 3.75. The van der Waals surface area contributed by atoms with E-state index in [1.165, 1.54) is 0 Å². The minimum Gasteiger partial charge on any atom is -0.371 e. The molecule has 0 aromatic carbocycles. The Bertz CT molecular complexity index is 129. The lowest BCUT2D eigenvalue weighted by Crippen LogP contribution is -2.40. The number of ether oxygens (including phenoxy) is 1. The van der Waals surface area contributed by atoms with E-state index >= 15 is 0 Å². The molecule has 11 heavy (non-hydrogen) atoms. The van der Waals surface area contributed by atoms with Gasteiger partial charge in [-0.15, -0.1) is 0 Å². The Labute approximate surface area is 67.9 Å². The van der Waals surface area contributed by atoms with Crippen LogP contribution in [-0.2, 0) is 9.53 Å². The van der Waals surface area contributed by atoms with Gasteiger partial charge >= 0.3 is 0 Å². The van der Waals surface area contributed by atoms with Crippen LogP contribution in [0.4, 0.5) is 0 Å². The Hall–Kier alpha value is -0.410. The van der Waals surface area contributed by atoms with Crippen LogP contribution < -0.4 is 5.73 Å². The number of aldehydes is 1. The predicted molar refractivity (Wildman–Crippen MR) is 44.3 cm³/mol. The minimum atomic E-state index is -0.519. The van der Waals surface area contributed by atoms with Gasteiger partial charge in [0.05, 0.1) is 17.7 Å². The molecule has 2 unspecified atom stereocenters. The maximum Gasteiger partial charge on any atom is 0.139 e. The largest absolute Gasteiger partial charge is 0.371 e. The fraction of sp³-hybridized carbons (Fsp3) is 0.875. The summed E-state index contributed by atoms with van der Waals surface area (Å²) in [4.78, 5) is 10.2. The molecule has 0 amide bonds. The van der Waals surface area contributed by atoms with Gasteiger partial charge in [-0.25, -0.2) is 0 Å². The van der Waals surface area contributed by atoms with Gasteiger partial charge in [-0.05, 0) is 27.7 Å². The molecule has 0 fully saturated rings. The highest BCUT2D eigenvalue weighted by molar-refractivity contribution is 5.57. The van der Waals surface area contributed by atoms with E-state index < -0.39 is 6.04 Å². The molecular formula is C8H17NO2. The standard InChI is InChI=1S/C8H17NO2/c1-6(7(9)5-10)11-8(2,3)4/h5-7H,9H2,1-4H3. The normalized spacial score (nSPS) is 17.5. The van der Waals surface area contributed by atoms with Crippen LogP contribution in [-0.4, -0.2) is 24.0 Å².